The Balaban J connectivity index is 2.25. The Morgan fingerprint density at radius 1 is 1.73 bits per heavy atom. The van der Waals surface area contributed by atoms with Gasteiger partial charge in [-0.15, -0.1) is 0 Å². The van der Waals surface area contributed by atoms with Gasteiger partial charge < -0.3 is 14.4 Å². The normalized spacial score (nSPS) is 26.5. The van der Waals surface area contributed by atoms with Gasteiger partial charge in [0.2, 0.25) is 0 Å². The summed E-state index contributed by atoms with van der Waals surface area (Å²) in [5, 5.41) is 9.09. The lowest BCUT2D eigenvalue weighted by Gasteiger charge is -2.28. The maximum absolute atomic E-state index is 11.1. The number of imidazole rings is 1. The van der Waals surface area contributed by atoms with E-state index in [1.807, 2.05) is 11.6 Å². The molecule has 1 saturated heterocycles. The number of carboxylic acids is 1. The van der Waals surface area contributed by atoms with Gasteiger partial charge in [0.15, 0.2) is 0 Å². The Labute approximate surface area is 87.7 Å². The molecule has 2 unspecified atom stereocenters. The Morgan fingerprint density at radius 2 is 2.53 bits per heavy atom. The Hall–Kier alpha value is -1.36. The van der Waals surface area contributed by atoms with Crippen LogP contribution in [0, 0.1) is 5.92 Å². The van der Waals surface area contributed by atoms with Crippen molar-refractivity contribution in [2.45, 2.75) is 18.9 Å². The molecule has 0 bridgehead atoms. The average Bonchev–Trinajstić information content (AvgIpc) is 2.64. The van der Waals surface area contributed by atoms with E-state index in [1.54, 1.807) is 12.5 Å². The number of aromatic nitrogens is 2. The van der Waals surface area contributed by atoms with Crippen molar-refractivity contribution in [3.63, 3.8) is 0 Å². The monoisotopic (exact) mass is 210 g/mol. The van der Waals surface area contributed by atoms with Crippen molar-refractivity contribution in [2.75, 3.05) is 6.61 Å². The van der Waals surface area contributed by atoms with Gasteiger partial charge in [-0.2, -0.15) is 0 Å². The predicted molar refractivity (Wildman–Crippen MR) is 52.3 cm³/mol. The van der Waals surface area contributed by atoms with Gasteiger partial charge >= 0.3 is 5.97 Å². The van der Waals surface area contributed by atoms with E-state index in [0.29, 0.717) is 13.0 Å². The van der Waals surface area contributed by atoms with Crippen molar-refractivity contribution < 1.29 is 14.6 Å². The zero-order valence-electron chi connectivity index (χ0n) is 8.59. The van der Waals surface area contributed by atoms with Gasteiger partial charge in [0.25, 0.3) is 0 Å². The van der Waals surface area contributed by atoms with Crippen LogP contribution in [0.25, 0.3) is 0 Å². The van der Waals surface area contributed by atoms with E-state index in [-0.39, 0.29) is 6.10 Å². The number of hydrogen-bond donors (Lipinski definition) is 1. The molecule has 0 radical (unpaired) electrons. The fraction of sp³-hybridized carbons (Fsp3) is 0.600. The summed E-state index contributed by atoms with van der Waals surface area (Å²) in [6.45, 7) is 0.625. The van der Waals surface area contributed by atoms with Gasteiger partial charge in [-0.05, 0) is 12.8 Å². The molecule has 2 atom stereocenters. The quantitative estimate of drug-likeness (QED) is 0.790. The number of aryl methyl sites for hydroxylation is 1. The number of ether oxygens (including phenoxy) is 1. The first-order valence-electron chi connectivity index (χ1n) is 5.01. The summed E-state index contributed by atoms with van der Waals surface area (Å²) >= 11 is 0. The first-order chi connectivity index (χ1) is 7.20. The maximum Gasteiger partial charge on any atom is 0.309 e. The number of carbonyl (C=O) groups is 1. The second-order valence-corrected chi connectivity index (χ2v) is 3.81. The van der Waals surface area contributed by atoms with Crippen LogP contribution in [0.1, 0.15) is 24.6 Å². The molecule has 15 heavy (non-hydrogen) atoms. The number of aliphatic carboxylic acids is 1. The molecular formula is C10H14N2O3. The van der Waals surface area contributed by atoms with Crippen LogP contribution in [-0.2, 0) is 16.6 Å². The highest BCUT2D eigenvalue weighted by molar-refractivity contribution is 5.71. The minimum absolute atomic E-state index is 0.358. The van der Waals surface area contributed by atoms with E-state index in [2.05, 4.69) is 4.98 Å². The third-order valence-electron chi connectivity index (χ3n) is 2.78. The molecule has 0 saturated carbocycles. The first kappa shape index (κ1) is 10.2. The van der Waals surface area contributed by atoms with E-state index in [0.717, 1.165) is 12.1 Å². The Kier molecular flexibility index (Phi) is 2.73. The van der Waals surface area contributed by atoms with Gasteiger partial charge in [0.1, 0.15) is 6.10 Å². The molecule has 0 aromatic carbocycles. The molecule has 1 fully saturated rings. The molecule has 5 heteroatoms. The summed E-state index contributed by atoms with van der Waals surface area (Å²) in [5.41, 5.74) is 0.835. The highest BCUT2D eigenvalue weighted by atomic mass is 16.5. The van der Waals surface area contributed by atoms with Crippen LogP contribution < -0.4 is 0 Å². The van der Waals surface area contributed by atoms with Gasteiger partial charge in [-0.3, -0.25) is 4.79 Å². The van der Waals surface area contributed by atoms with Gasteiger partial charge in [0, 0.05) is 13.7 Å². The first-order valence-corrected chi connectivity index (χ1v) is 5.01. The van der Waals surface area contributed by atoms with Crippen molar-refractivity contribution in [1.29, 1.82) is 0 Å². The summed E-state index contributed by atoms with van der Waals surface area (Å²) in [5.74, 6) is -1.24. The molecule has 0 aliphatic carbocycles. The third kappa shape index (κ3) is 1.87. The molecule has 0 amide bonds. The zero-order valence-corrected chi connectivity index (χ0v) is 8.59. The van der Waals surface area contributed by atoms with Crippen LogP contribution in [0.3, 0.4) is 0 Å². The van der Waals surface area contributed by atoms with Gasteiger partial charge in [0.05, 0.1) is 24.1 Å². The summed E-state index contributed by atoms with van der Waals surface area (Å²) in [4.78, 5) is 15.0. The lowest BCUT2D eigenvalue weighted by Crippen LogP contribution is -2.30. The molecular weight excluding hydrogens is 196 g/mol. The second kappa shape index (κ2) is 4.02. The van der Waals surface area contributed by atoms with Crippen molar-refractivity contribution in [3.8, 4) is 0 Å². The Bertz CT molecular complexity index is 361. The molecule has 1 aromatic rings. The summed E-state index contributed by atoms with van der Waals surface area (Å²) < 4.78 is 7.35. The number of hydrogen-bond acceptors (Lipinski definition) is 3. The van der Waals surface area contributed by atoms with Gasteiger partial charge in [-0.25, -0.2) is 4.98 Å². The number of carboxylic acid groups (broad SMARTS) is 1. The smallest absolute Gasteiger partial charge is 0.309 e. The van der Waals surface area contributed by atoms with E-state index in [9.17, 15) is 4.79 Å². The van der Waals surface area contributed by atoms with Crippen LogP contribution >= 0.6 is 0 Å². The minimum atomic E-state index is -0.791. The fourth-order valence-corrected chi connectivity index (χ4v) is 1.97. The van der Waals surface area contributed by atoms with E-state index in [4.69, 9.17) is 9.84 Å². The molecule has 1 aliphatic heterocycles. The van der Waals surface area contributed by atoms with Crippen LogP contribution in [0.4, 0.5) is 0 Å². The third-order valence-corrected chi connectivity index (χ3v) is 2.78. The van der Waals surface area contributed by atoms with Crippen LogP contribution in [0.2, 0.25) is 0 Å². The summed E-state index contributed by atoms with van der Waals surface area (Å²) in [6.07, 6.45) is 4.46. The largest absolute Gasteiger partial charge is 0.481 e. The molecule has 1 aromatic heterocycles. The van der Waals surface area contributed by atoms with Crippen LogP contribution in [-0.4, -0.2) is 27.2 Å². The van der Waals surface area contributed by atoms with Crippen molar-refractivity contribution in [2.24, 2.45) is 13.0 Å². The molecule has 5 nitrogen and oxygen atoms in total. The van der Waals surface area contributed by atoms with Crippen molar-refractivity contribution in [3.05, 3.63) is 18.2 Å². The lowest BCUT2D eigenvalue weighted by atomic mass is 9.92. The maximum atomic E-state index is 11.1. The van der Waals surface area contributed by atoms with Crippen LogP contribution in [0.15, 0.2) is 12.5 Å². The minimum Gasteiger partial charge on any atom is -0.481 e. The highest BCUT2D eigenvalue weighted by Crippen LogP contribution is 2.33. The van der Waals surface area contributed by atoms with E-state index < -0.39 is 11.9 Å². The SMILES string of the molecule is Cn1cncc1C1OCCCC1C(=O)O. The summed E-state index contributed by atoms with van der Waals surface area (Å²) in [6, 6.07) is 0. The standard InChI is InChI=1S/C10H14N2O3/c1-12-6-11-5-8(12)9-7(10(13)14)3-2-4-15-9/h5-7,9H,2-4H2,1H3,(H,13,14). The molecule has 1 N–H and O–H groups in total. The topological polar surface area (TPSA) is 64.4 Å². The molecule has 1 aliphatic rings. The van der Waals surface area contributed by atoms with Crippen molar-refractivity contribution in [1.82, 2.24) is 9.55 Å². The lowest BCUT2D eigenvalue weighted by molar-refractivity contribution is -0.152. The fourth-order valence-electron chi connectivity index (χ4n) is 1.97. The number of nitrogens with zero attached hydrogens (tertiary/aromatic N) is 2. The second-order valence-electron chi connectivity index (χ2n) is 3.81. The van der Waals surface area contributed by atoms with E-state index >= 15 is 0 Å². The zero-order chi connectivity index (χ0) is 10.8. The average molecular weight is 210 g/mol. The van der Waals surface area contributed by atoms with Crippen molar-refractivity contribution >= 4 is 5.97 Å². The van der Waals surface area contributed by atoms with Gasteiger partial charge in [-0.1, -0.05) is 0 Å². The number of rotatable bonds is 2. The summed E-state index contributed by atoms with van der Waals surface area (Å²) in [7, 11) is 1.85. The molecule has 2 heterocycles. The molecule has 2 rings (SSSR count). The predicted octanol–water partition coefficient (Wildman–Crippen LogP) is 0.972. The Morgan fingerprint density at radius 3 is 3.13 bits per heavy atom. The van der Waals surface area contributed by atoms with E-state index in [1.165, 1.54) is 0 Å². The molecule has 0 spiro atoms. The van der Waals surface area contributed by atoms with Crippen LogP contribution in [0.5, 0.6) is 0 Å². The molecule has 82 valence electrons. The highest BCUT2D eigenvalue weighted by Gasteiger charge is 2.34.